The Morgan fingerprint density at radius 3 is 2.63 bits per heavy atom. The van der Waals surface area contributed by atoms with Gasteiger partial charge < -0.3 is 14.8 Å². The number of hydrogen-bond acceptors (Lipinski definition) is 4. The summed E-state index contributed by atoms with van der Waals surface area (Å²) in [6, 6.07) is 9.34. The third-order valence-corrected chi connectivity index (χ3v) is 3.28. The van der Waals surface area contributed by atoms with Gasteiger partial charge in [-0.25, -0.2) is 4.79 Å². The van der Waals surface area contributed by atoms with E-state index in [9.17, 15) is 9.59 Å². The summed E-state index contributed by atoms with van der Waals surface area (Å²) < 4.78 is 10.2. The van der Waals surface area contributed by atoms with E-state index in [0.717, 1.165) is 5.56 Å². The molecule has 1 saturated heterocycles. The zero-order valence-corrected chi connectivity index (χ0v) is 11.0. The van der Waals surface area contributed by atoms with Crippen molar-refractivity contribution in [1.29, 1.82) is 0 Å². The van der Waals surface area contributed by atoms with Gasteiger partial charge in [-0.05, 0) is 19.4 Å². The molecule has 0 aromatic heterocycles. The maximum atomic E-state index is 11.6. The van der Waals surface area contributed by atoms with Crippen molar-refractivity contribution in [3.8, 4) is 0 Å². The van der Waals surface area contributed by atoms with Crippen molar-refractivity contribution in [1.82, 2.24) is 5.32 Å². The molecule has 5 nitrogen and oxygen atoms in total. The predicted molar refractivity (Wildman–Crippen MR) is 68.3 cm³/mol. The average Bonchev–Trinajstić information content (AvgIpc) is 2.64. The lowest BCUT2D eigenvalue weighted by Crippen LogP contribution is -2.35. The average molecular weight is 263 g/mol. The molecule has 1 aliphatic heterocycles. The van der Waals surface area contributed by atoms with Crippen LogP contribution in [0.3, 0.4) is 0 Å². The molecule has 0 saturated carbocycles. The molecule has 1 aromatic carbocycles. The maximum absolute atomic E-state index is 11.6. The summed E-state index contributed by atoms with van der Waals surface area (Å²) >= 11 is 0. The molecule has 19 heavy (non-hydrogen) atoms. The van der Waals surface area contributed by atoms with E-state index in [1.54, 1.807) is 13.8 Å². The first kappa shape index (κ1) is 13.4. The second-order valence-corrected chi connectivity index (χ2v) is 5.06. The highest BCUT2D eigenvalue weighted by molar-refractivity contribution is 5.85. The van der Waals surface area contributed by atoms with Gasteiger partial charge in [0.15, 0.2) is 0 Å². The standard InChI is InChI=1S/C14H17NO4/c1-14(2)11(8-15-12(14)16)19-13(17)18-9-10-6-4-3-5-7-10/h3-7,11H,8-9H2,1-2H3,(H,15,16). The Morgan fingerprint density at radius 2 is 2.05 bits per heavy atom. The smallest absolute Gasteiger partial charge is 0.429 e. The Bertz CT molecular complexity index is 470. The topological polar surface area (TPSA) is 64.6 Å². The first-order chi connectivity index (χ1) is 9.00. The molecule has 5 heteroatoms. The molecule has 1 atom stereocenters. The summed E-state index contributed by atoms with van der Waals surface area (Å²) in [5.74, 6) is -0.117. The van der Waals surface area contributed by atoms with Crippen LogP contribution >= 0.6 is 0 Å². The van der Waals surface area contributed by atoms with Crippen molar-refractivity contribution in [2.75, 3.05) is 6.54 Å². The van der Waals surface area contributed by atoms with Crippen LogP contribution < -0.4 is 5.32 Å². The number of amides is 1. The van der Waals surface area contributed by atoms with E-state index in [1.165, 1.54) is 0 Å². The van der Waals surface area contributed by atoms with Gasteiger partial charge in [-0.3, -0.25) is 4.79 Å². The summed E-state index contributed by atoms with van der Waals surface area (Å²) in [6.07, 6.45) is -1.25. The van der Waals surface area contributed by atoms with E-state index in [0.29, 0.717) is 6.54 Å². The highest BCUT2D eigenvalue weighted by Gasteiger charge is 2.45. The highest BCUT2D eigenvalue weighted by Crippen LogP contribution is 2.28. The number of carbonyl (C=O) groups is 2. The van der Waals surface area contributed by atoms with Crippen LogP contribution in [0, 0.1) is 5.41 Å². The summed E-state index contributed by atoms with van der Waals surface area (Å²) in [5, 5.41) is 2.67. The van der Waals surface area contributed by atoms with Gasteiger partial charge in [0.05, 0.1) is 12.0 Å². The molecule has 0 aliphatic carbocycles. The number of carbonyl (C=O) groups excluding carboxylic acids is 2. The van der Waals surface area contributed by atoms with Crippen molar-refractivity contribution in [3.63, 3.8) is 0 Å². The van der Waals surface area contributed by atoms with Gasteiger partial charge in [0.25, 0.3) is 0 Å². The Labute approximate surface area is 111 Å². The van der Waals surface area contributed by atoms with E-state index < -0.39 is 17.7 Å². The van der Waals surface area contributed by atoms with Crippen molar-refractivity contribution < 1.29 is 19.1 Å². The third kappa shape index (κ3) is 3.05. The van der Waals surface area contributed by atoms with Gasteiger partial charge in [-0.2, -0.15) is 0 Å². The van der Waals surface area contributed by atoms with Crippen LogP contribution in [0.1, 0.15) is 19.4 Å². The minimum absolute atomic E-state index is 0.117. The molecular weight excluding hydrogens is 246 g/mol. The number of hydrogen-bond donors (Lipinski definition) is 1. The summed E-state index contributed by atoms with van der Waals surface area (Å²) in [4.78, 5) is 23.1. The van der Waals surface area contributed by atoms with E-state index in [2.05, 4.69) is 5.32 Å². The van der Waals surface area contributed by atoms with Crippen LogP contribution in [0.15, 0.2) is 30.3 Å². The fourth-order valence-electron chi connectivity index (χ4n) is 1.87. The van der Waals surface area contributed by atoms with Gasteiger partial charge in [-0.1, -0.05) is 30.3 Å². The quantitative estimate of drug-likeness (QED) is 0.845. The first-order valence-electron chi connectivity index (χ1n) is 6.16. The third-order valence-electron chi connectivity index (χ3n) is 3.28. The largest absolute Gasteiger partial charge is 0.508 e. The van der Waals surface area contributed by atoms with Crippen LogP contribution in [-0.4, -0.2) is 24.7 Å². The van der Waals surface area contributed by atoms with Crippen molar-refractivity contribution in [2.45, 2.75) is 26.6 Å². The van der Waals surface area contributed by atoms with Gasteiger partial charge in [0, 0.05) is 0 Å². The van der Waals surface area contributed by atoms with Crippen LogP contribution in [0.2, 0.25) is 0 Å². The maximum Gasteiger partial charge on any atom is 0.508 e. The lowest BCUT2D eigenvalue weighted by Gasteiger charge is -2.22. The SMILES string of the molecule is CC1(C)C(=O)NCC1OC(=O)OCc1ccccc1. The molecule has 1 amide bonds. The fraction of sp³-hybridized carbons (Fsp3) is 0.429. The molecule has 1 aromatic rings. The lowest BCUT2D eigenvalue weighted by atomic mass is 9.89. The van der Waals surface area contributed by atoms with E-state index >= 15 is 0 Å². The summed E-state index contributed by atoms with van der Waals surface area (Å²) in [6.45, 7) is 3.97. The molecule has 0 spiro atoms. The molecule has 2 rings (SSSR count). The van der Waals surface area contributed by atoms with Gasteiger partial charge in [-0.15, -0.1) is 0 Å². The van der Waals surface area contributed by atoms with Gasteiger partial charge in [0.1, 0.15) is 12.7 Å². The zero-order valence-electron chi connectivity index (χ0n) is 11.0. The number of ether oxygens (including phenoxy) is 2. The predicted octanol–water partition coefficient (Wildman–Crippen LogP) is 1.86. The molecule has 1 unspecified atom stereocenters. The highest BCUT2D eigenvalue weighted by atomic mass is 16.7. The molecular formula is C14H17NO4. The van der Waals surface area contributed by atoms with Crippen LogP contribution in [-0.2, 0) is 20.9 Å². The van der Waals surface area contributed by atoms with E-state index in [-0.39, 0.29) is 12.5 Å². The van der Waals surface area contributed by atoms with E-state index in [4.69, 9.17) is 9.47 Å². The number of rotatable bonds is 3. The second-order valence-electron chi connectivity index (χ2n) is 5.06. The Balaban J connectivity index is 1.84. The first-order valence-corrected chi connectivity index (χ1v) is 6.16. The molecule has 1 heterocycles. The molecule has 102 valence electrons. The van der Waals surface area contributed by atoms with Crippen molar-refractivity contribution in [2.24, 2.45) is 5.41 Å². The number of benzene rings is 1. The molecule has 0 radical (unpaired) electrons. The van der Waals surface area contributed by atoms with Gasteiger partial charge >= 0.3 is 6.16 Å². The molecule has 1 N–H and O–H groups in total. The Hall–Kier alpha value is -2.04. The summed E-state index contributed by atoms with van der Waals surface area (Å²) in [7, 11) is 0. The summed E-state index contributed by atoms with van der Waals surface area (Å²) in [5.41, 5.74) is 0.172. The van der Waals surface area contributed by atoms with Crippen LogP contribution in [0.25, 0.3) is 0 Å². The Kier molecular flexibility index (Phi) is 3.74. The Morgan fingerprint density at radius 1 is 1.37 bits per heavy atom. The number of nitrogens with one attached hydrogen (secondary N) is 1. The normalized spacial score (nSPS) is 20.7. The van der Waals surface area contributed by atoms with E-state index in [1.807, 2.05) is 30.3 Å². The van der Waals surface area contributed by atoms with Gasteiger partial charge in [0.2, 0.25) is 5.91 Å². The second kappa shape index (κ2) is 5.30. The zero-order chi connectivity index (χ0) is 13.9. The van der Waals surface area contributed by atoms with Crippen molar-refractivity contribution >= 4 is 12.1 Å². The van der Waals surface area contributed by atoms with Crippen molar-refractivity contribution in [3.05, 3.63) is 35.9 Å². The van der Waals surface area contributed by atoms with Crippen LogP contribution in [0.5, 0.6) is 0 Å². The fourth-order valence-corrected chi connectivity index (χ4v) is 1.87. The molecule has 0 bridgehead atoms. The van der Waals surface area contributed by atoms with Crippen LogP contribution in [0.4, 0.5) is 4.79 Å². The lowest BCUT2D eigenvalue weighted by molar-refractivity contribution is -0.129. The molecule has 1 aliphatic rings. The molecule has 1 fully saturated rings. The minimum Gasteiger partial charge on any atom is -0.429 e. The minimum atomic E-state index is -0.751. The monoisotopic (exact) mass is 263 g/mol.